The highest BCUT2D eigenvalue weighted by atomic mass is 16.5. The van der Waals surface area contributed by atoms with Crippen molar-refractivity contribution in [1.29, 1.82) is 0 Å². The van der Waals surface area contributed by atoms with Crippen LogP contribution in [-0.2, 0) is 24.1 Å². The highest BCUT2D eigenvalue weighted by molar-refractivity contribution is 5.80. The fraction of sp³-hybridized carbons (Fsp3) is 0.519. The molecule has 0 N–H and O–H groups in total. The van der Waals surface area contributed by atoms with Crippen molar-refractivity contribution < 1.29 is 14.3 Å². The molecular formula is C27H36N2O3. The molecule has 0 saturated heterocycles. The highest BCUT2D eigenvalue weighted by Gasteiger charge is 2.29. The summed E-state index contributed by atoms with van der Waals surface area (Å²) in [5.41, 5.74) is 7.90. The summed E-state index contributed by atoms with van der Waals surface area (Å²) < 4.78 is 10.9. The molecular weight excluding hydrogens is 400 g/mol. The van der Waals surface area contributed by atoms with E-state index in [0.29, 0.717) is 12.3 Å². The average molecular weight is 437 g/mol. The molecule has 2 aliphatic rings. The summed E-state index contributed by atoms with van der Waals surface area (Å²) in [5, 5.41) is 0. The zero-order valence-electron chi connectivity index (χ0n) is 20.2. The molecule has 5 heteroatoms. The summed E-state index contributed by atoms with van der Waals surface area (Å²) >= 11 is 0. The molecule has 2 aromatic rings. The van der Waals surface area contributed by atoms with E-state index < -0.39 is 0 Å². The van der Waals surface area contributed by atoms with Crippen molar-refractivity contribution in [3.8, 4) is 11.5 Å². The lowest BCUT2D eigenvalue weighted by Crippen LogP contribution is -2.36. The van der Waals surface area contributed by atoms with Gasteiger partial charge in [0.05, 0.1) is 20.6 Å². The molecule has 0 fully saturated rings. The lowest BCUT2D eigenvalue weighted by molar-refractivity contribution is -0.130. The molecule has 172 valence electrons. The van der Waals surface area contributed by atoms with Gasteiger partial charge >= 0.3 is 0 Å². The maximum atomic E-state index is 12.8. The van der Waals surface area contributed by atoms with Crippen molar-refractivity contribution in [3.05, 3.63) is 57.6 Å². The summed E-state index contributed by atoms with van der Waals surface area (Å²) in [6, 6.07) is 8.72. The second-order valence-electron chi connectivity index (χ2n) is 9.44. The Morgan fingerprint density at radius 2 is 1.69 bits per heavy atom. The van der Waals surface area contributed by atoms with Crippen molar-refractivity contribution in [2.45, 2.75) is 45.4 Å². The Kier molecular flexibility index (Phi) is 6.75. The molecule has 0 radical (unpaired) electrons. The largest absolute Gasteiger partial charge is 0.493 e. The Hall–Kier alpha value is -2.53. The first-order valence-corrected chi connectivity index (χ1v) is 11.7. The molecule has 0 spiro atoms. The Bertz CT molecular complexity index is 1000. The van der Waals surface area contributed by atoms with E-state index in [2.05, 4.69) is 55.0 Å². The zero-order chi connectivity index (χ0) is 22.8. The lowest BCUT2D eigenvalue weighted by atomic mass is 9.77. The number of ether oxygens (including phenoxy) is 2. The van der Waals surface area contributed by atoms with Crippen LogP contribution in [0.3, 0.4) is 0 Å². The van der Waals surface area contributed by atoms with Crippen molar-refractivity contribution in [1.82, 2.24) is 9.80 Å². The fourth-order valence-corrected chi connectivity index (χ4v) is 5.12. The van der Waals surface area contributed by atoms with Gasteiger partial charge in [0.25, 0.3) is 0 Å². The van der Waals surface area contributed by atoms with Gasteiger partial charge < -0.3 is 19.3 Å². The standard InChI is InChI=1S/C27H36N2O3/c1-18-11-20-7-10-29(27(30)15-21(20)12-19(18)2)9-6-8-28(3)17-23-13-22-14-25(31-4)26(32-5)16-24(22)23/h11-12,14,16,23H,6-10,13,15,17H2,1-5H3. The van der Waals surface area contributed by atoms with E-state index in [4.69, 9.17) is 9.47 Å². The first kappa shape index (κ1) is 22.7. The summed E-state index contributed by atoms with van der Waals surface area (Å²) in [4.78, 5) is 17.3. The van der Waals surface area contributed by atoms with Crippen molar-refractivity contribution in [2.75, 3.05) is 47.4 Å². The van der Waals surface area contributed by atoms with E-state index in [1.165, 1.54) is 33.4 Å². The predicted molar refractivity (Wildman–Crippen MR) is 128 cm³/mol. The molecule has 1 aliphatic heterocycles. The third-order valence-corrected chi connectivity index (χ3v) is 7.21. The van der Waals surface area contributed by atoms with Gasteiger partial charge in [0, 0.05) is 25.6 Å². The van der Waals surface area contributed by atoms with Crippen LogP contribution in [0, 0.1) is 13.8 Å². The van der Waals surface area contributed by atoms with Gasteiger partial charge in [0.1, 0.15) is 0 Å². The van der Waals surface area contributed by atoms with Crippen LogP contribution in [-0.4, -0.2) is 63.2 Å². The number of benzene rings is 2. The molecule has 5 nitrogen and oxygen atoms in total. The number of amides is 1. The molecule has 1 amide bonds. The Morgan fingerprint density at radius 1 is 1.00 bits per heavy atom. The first-order valence-electron chi connectivity index (χ1n) is 11.7. The first-order chi connectivity index (χ1) is 15.4. The van der Waals surface area contributed by atoms with E-state index in [1.54, 1.807) is 14.2 Å². The Balaban J connectivity index is 1.27. The molecule has 0 aromatic heterocycles. The molecule has 2 aromatic carbocycles. The van der Waals surface area contributed by atoms with Crippen LogP contribution in [0.15, 0.2) is 24.3 Å². The van der Waals surface area contributed by atoms with Crippen LogP contribution in [0.4, 0.5) is 0 Å². The molecule has 0 saturated carbocycles. The van der Waals surface area contributed by atoms with Gasteiger partial charge in [-0.15, -0.1) is 0 Å². The maximum absolute atomic E-state index is 12.8. The number of carbonyl (C=O) groups excluding carboxylic acids is 1. The predicted octanol–water partition coefficient (Wildman–Crippen LogP) is 3.91. The van der Waals surface area contributed by atoms with E-state index in [0.717, 1.165) is 56.9 Å². The van der Waals surface area contributed by atoms with Crippen LogP contribution in [0.5, 0.6) is 11.5 Å². The molecule has 0 bridgehead atoms. The monoisotopic (exact) mass is 436 g/mol. The van der Waals surface area contributed by atoms with E-state index >= 15 is 0 Å². The van der Waals surface area contributed by atoms with Gasteiger partial charge in [0.15, 0.2) is 11.5 Å². The van der Waals surface area contributed by atoms with Gasteiger partial charge in [-0.05, 0) is 92.2 Å². The fourth-order valence-electron chi connectivity index (χ4n) is 5.12. The number of hydrogen-bond donors (Lipinski definition) is 0. The van der Waals surface area contributed by atoms with Crippen LogP contribution in [0.25, 0.3) is 0 Å². The van der Waals surface area contributed by atoms with Crippen molar-refractivity contribution in [2.24, 2.45) is 0 Å². The van der Waals surface area contributed by atoms with Gasteiger partial charge in [-0.2, -0.15) is 0 Å². The van der Waals surface area contributed by atoms with Gasteiger partial charge in [-0.1, -0.05) is 12.1 Å². The summed E-state index contributed by atoms with van der Waals surface area (Å²) in [6.45, 7) is 7.97. The SMILES string of the molecule is COc1cc2c(cc1OC)C(CN(C)CCCN1CCc3cc(C)c(C)cc3CC1=O)C2. The van der Waals surface area contributed by atoms with E-state index in [-0.39, 0.29) is 5.91 Å². The normalized spacial score (nSPS) is 17.5. The van der Waals surface area contributed by atoms with Crippen LogP contribution >= 0.6 is 0 Å². The quantitative estimate of drug-likeness (QED) is 0.629. The number of carbonyl (C=O) groups is 1. The number of fused-ring (bicyclic) bond motifs is 2. The number of rotatable bonds is 8. The number of nitrogens with zero attached hydrogens (tertiary/aromatic N) is 2. The van der Waals surface area contributed by atoms with E-state index in [9.17, 15) is 4.79 Å². The Morgan fingerprint density at radius 3 is 2.41 bits per heavy atom. The minimum absolute atomic E-state index is 0.267. The summed E-state index contributed by atoms with van der Waals surface area (Å²) in [7, 11) is 5.56. The number of aryl methyl sites for hydroxylation is 2. The third kappa shape index (κ3) is 4.63. The zero-order valence-corrected chi connectivity index (χ0v) is 20.2. The molecule has 1 heterocycles. The second kappa shape index (κ2) is 9.53. The molecule has 1 atom stereocenters. The maximum Gasteiger partial charge on any atom is 0.227 e. The summed E-state index contributed by atoms with van der Waals surface area (Å²) in [6.07, 6.45) is 3.59. The minimum Gasteiger partial charge on any atom is -0.493 e. The number of methoxy groups -OCH3 is 2. The Labute approximate surface area is 192 Å². The molecule has 4 rings (SSSR count). The smallest absolute Gasteiger partial charge is 0.227 e. The van der Waals surface area contributed by atoms with Crippen LogP contribution < -0.4 is 9.47 Å². The number of hydrogen-bond acceptors (Lipinski definition) is 4. The van der Waals surface area contributed by atoms with Gasteiger partial charge in [0.2, 0.25) is 5.91 Å². The minimum atomic E-state index is 0.267. The molecule has 1 unspecified atom stereocenters. The van der Waals surface area contributed by atoms with Crippen LogP contribution in [0.2, 0.25) is 0 Å². The third-order valence-electron chi connectivity index (χ3n) is 7.21. The summed E-state index contributed by atoms with van der Waals surface area (Å²) in [5.74, 6) is 2.43. The van der Waals surface area contributed by atoms with Gasteiger partial charge in [-0.25, -0.2) is 0 Å². The van der Waals surface area contributed by atoms with Crippen molar-refractivity contribution in [3.63, 3.8) is 0 Å². The van der Waals surface area contributed by atoms with Crippen LogP contribution in [0.1, 0.15) is 45.7 Å². The van der Waals surface area contributed by atoms with E-state index in [1.807, 2.05) is 0 Å². The number of likely N-dealkylation sites (N-methyl/N-ethyl adjacent to an activating group) is 1. The highest BCUT2D eigenvalue weighted by Crippen LogP contribution is 2.42. The second-order valence-corrected chi connectivity index (χ2v) is 9.44. The molecule has 32 heavy (non-hydrogen) atoms. The topological polar surface area (TPSA) is 42.0 Å². The van der Waals surface area contributed by atoms with Gasteiger partial charge in [-0.3, -0.25) is 4.79 Å². The lowest BCUT2D eigenvalue weighted by Gasteiger charge is -2.34. The van der Waals surface area contributed by atoms with Crippen molar-refractivity contribution >= 4 is 5.91 Å². The molecule has 1 aliphatic carbocycles. The average Bonchev–Trinajstić information content (AvgIpc) is 2.90.